The SMILES string of the molecule is CNC(=O)CCC(=O)O[C@@H]1C(C)O[C@@H](O[C@@H]2C(OCc3ccccc3)[C@H](O[C@@H]3C(COCc4ccccc4)O[C@@H](Sc4ccccc4)C(OCc4ccccc4)[C@H]3OCc3ccccc3)OC(COCc3ccccc3)[C@@H]2OCc2ccccc2)C(OCc2ccccc2)[C@H]1OCc1ccccc1. The highest BCUT2D eigenvalue weighted by atomic mass is 32.2. The second kappa shape index (κ2) is 39.6. The molecule has 0 saturated carbocycles. The van der Waals surface area contributed by atoms with Gasteiger partial charge in [0.05, 0.1) is 78.6 Å². The maximum Gasteiger partial charge on any atom is 0.306 e. The van der Waals surface area contributed by atoms with Crippen molar-refractivity contribution in [2.24, 2.45) is 0 Å². The Labute approximate surface area is 608 Å². The molecule has 0 aliphatic carbocycles. The summed E-state index contributed by atoms with van der Waals surface area (Å²) in [5.74, 6) is -0.931. The summed E-state index contributed by atoms with van der Waals surface area (Å²) in [6, 6.07) is 89.3. The third-order valence-electron chi connectivity index (χ3n) is 18.1. The van der Waals surface area contributed by atoms with Crippen LogP contribution in [-0.2, 0) is 129 Å². The molecule has 12 rings (SSSR count). The molecule has 6 unspecified atom stereocenters. The van der Waals surface area contributed by atoms with Crippen LogP contribution in [0.15, 0.2) is 278 Å². The van der Waals surface area contributed by atoms with E-state index in [4.69, 9.17) is 66.3 Å². The molecule has 18 heteroatoms. The zero-order chi connectivity index (χ0) is 70.6. The van der Waals surface area contributed by atoms with Gasteiger partial charge in [-0.25, -0.2) is 0 Å². The molecule has 3 fully saturated rings. The van der Waals surface area contributed by atoms with Gasteiger partial charge in [-0.2, -0.15) is 0 Å². The monoisotopic (exact) mass is 1410 g/mol. The van der Waals surface area contributed by atoms with Gasteiger partial charge in [-0.1, -0.05) is 273 Å². The van der Waals surface area contributed by atoms with Crippen molar-refractivity contribution in [3.8, 4) is 0 Å². The molecule has 103 heavy (non-hydrogen) atoms. The van der Waals surface area contributed by atoms with E-state index >= 15 is 0 Å². The molecule has 3 aliphatic heterocycles. The van der Waals surface area contributed by atoms with E-state index in [9.17, 15) is 9.59 Å². The van der Waals surface area contributed by atoms with Gasteiger partial charge in [0, 0.05) is 18.4 Å². The highest BCUT2D eigenvalue weighted by molar-refractivity contribution is 7.99. The molecule has 3 aliphatic rings. The van der Waals surface area contributed by atoms with E-state index in [2.05, 4.69) is 17.4 Å². The number of rotatable bonds is 36. The quantitative estimate of drug-likeness (QED) is 0.0367. The first-order chi connectivity index (χ1) is 50.8. The van der Waals surface area contributed by atoms with Gasteiger partial charge in [0.25, 0.3) is 0 Å². The van der Waals surface area contributed by atoms with Gasteiger partial charge in [-0.3, -0.25) is 9.59 Å². The topological polar surface area (TPSA) is 175 Å². The summed E-state index contributed by atoms with van der Waals surface area (Å²) < 4.78 is 101. The number of esters is 1. The summed E-state index contributed by atoms with van der Waals surface area (Å²) >= 11 is 1.54. The molecule has 1 amide bonds. The van der Waals surface area contributed by atoms with E-state index in [1.54, 1.807) is 6.92 Å². The van der Waals surface area contributed by atoms with Crippen LogP contribution in [0.4, 0.5) is 0 Å². The summed E-state index contributed by atoms with van der Waals surface area (Å²) in [5, 5.41) is 2.60. The molecule has 9 aromatic rings. The lowest BCUT2D eigenvalue weighted by molar-refractivity contribution is -0.386. The molecule has 0 bridgehead atoms. The minimum atomic E-state index is -1.35. The van der Waals surface area contributed by atoms with Crippen LogP contribution in [0.25, 0.3) is 0 Å². The van der Waals surface area contributed by atoms with Crippen molar-refractivity contribution in [1.29, 1.82) is 0 Å². The van der Waals surface area contributed by atoms with Gasteiger partial charge >= 0.3 is 5.97 Å². The van der Waals surface area contributed by atoms with Crippen molar-refractivity contribution in [2.75, 3.05) is 20.3 Å². The highest BCUT2D eigenvalue weighted by Gasteiger charge is 2.57. The number of carbonyl (C=O) groups excluding carboxylic acids is 2. The number of thioether (sulfide) groups is 1. The lowest BCUT2D eigenvalue weighted by Crippen LogP contribution is -2.68. The van der Waals surface area contributed by atoms with Crippen molar-refractivity contribution < 1.29 is 75.9 Å². The van der Waals surface area contributed by atoms with Crippen LogP contribution in [-0.4, -0.2) is 123 Å². The van der Waals surface area contributed by atoms with E-state index in [0.29, 0.717) is 0 Å². The molecule has 17 nitrogen and oxygen atoms in total. The largest absolute Gasteiger partial charge is 0.457 e. The number of ether oxygens (including phenoxy) is 14. The fourth-order valence-corrected chi connectivity index (χ4v) is 13.9. The molecule has 1 N–H and O–H groups in total. The maximum absolute atomic E-state index is 14.1. The summed E-state index contributed by atoms with van der Waals surface area (Å²) in [4.78, 5) is 27.6. The van der Waals surface area contributed by atoms with E-state index in [1.165, 1.54) is 18.8 Å². The lowest BCUT2D eigenvalue weighted by Gasteiger charge is -2.51. The van der Waals surface area contributed by atoms with Gasteiger partial charge < -0.3 is 71.6 Å². The number of nitrogens with one attached hydrogen (secondary N) is 1. The normalized spacial score (nSPS) is 24.8. The number of hydrogen-bond acceptors (Lipinski definition) is 17. The number of amides is 1. The lowest BCUT2D eigenvalue weighted by atomic mass is 9.95. The van der Waals surface area contributed by atoms with Gasteiger partial charge in [-0.15, -0.1) is 0 Å². The second-order valence-electron chi connectivity index (χ2n) is 25.6. The number of hydrogen-bond donors (Lipinski definition) is 1. The molecule has 0 aromatic heterocycles. The fourth-order valence-electron chi connectivity index (χ4n) is 12.7. The number of benzene rings is 9. The van der Waals surface area contributed by atoms with Crippen LogP contribution in [0.1, 0.15) is 64.3 Å². The molecule has 9 aromatic carbocycles. The second-order valence-corrected chi connectivity index (χ2v) is 26.8. The first-order valence-electron chi connectivity index (χ1n) is 35.3. The predicted octanol–water partition coefficient (Wildman–Crippen LogP) is 14.1. The summed E-state index contributed by atoms with van der Waals surface area (Å²) in [7, 11) is 1.52. The molecule has 0 radical (unpaired) electrons. The third-order valence-corrected chi connectivity index (χ3v) is 19.2. The van der Waals surface area contributed by atoms with Crippen LogP contribution < -0.4 is 5.32 Å². The zero-order valence-corrected chi connectivity index (χ0v) is 58.9. The van der Waals surface area contributed by atoms with E-state index in [1.807, 2.05) is 261 Å². The minimum Gasteiger partial charge on any atom is -0.457 e. The first kappa shape index (κ1) is 74.5. The predicted molar refractivity (Wildman–Crippen MR) is 389 cm³/mol. The Morgan fingerprint density at radius 3 is 1.07 bits per heavy atom. The zero-order valence-electron chi connectivity index (χ0n) is 58.1. The third kappa shape index (κ3) is 22.2. The Hall–Kier alpha value is -8.25. The van der Waals surface area contributed by atoms with Crippen LogP contribution in [0.2, 0.25) is 0 Å². The fraction of sp³-hybridized carbons (Fsp3) is 0.341. The highest BCUT2D eigenvalue weighted by Crippen LogP contribution is 2.42. The Balaban J connectivity index is 0.996. The van der Waals surface area contributed by atoms with Gasteiger partial charge in [0.1, 0.15) is 66.5 Å². The van der Waals surface area contributed by atoms with Crippen LogP contribution in [0.3, 0.4) is 0 Å². The van der Waals surface area contributed by atoms with Crippen LogP contribution in [0.5, 0.6) is 0 Å². The van der Waals surface area contributed by atoms with Crippen LogP contribution in [0, 0.1) is 0 Å². The molecule has 15 atom stereocenters. The Morgan fingerprint density at radius 1 is 0.340 bits per heavy atom. The maximum atomic E-state index is 14.1. The van der Waals surface area contributed by atoms with Crippen molar-refractivity contribution >= 4 is 23.6 Å². The van der Waals surface area contributed by atoms with E-state index < -0.39 is 97.2 Å². The Bertz CT molecular complexity index is 3870. The van der Waals surface area contributed by atoms with Crippen LogP contribution >= 0.6 is 11.8 Å². The van der Waals surface area contributed by atoms with Crippen molar-refractivity contribution in [2.45, 2.75) is 169 Å². The minimum absolute atomic E-state index is 0.0243. The smallest absolute Gasteiger partial charge is 0.306 e. The van der Waals surface area contributed by atoms with Crippen molar-refractivity contribution in [1.82, 2.24) is 5.32 Å². The van der Waals surface area contributed by atoms with Gasteiger partial charge in [-0.05, 0) is 63.6 Å². The van der Waals surface area contributed by atoms with Gasteiger partial charge in [0.15, 0.2) is 18.7 Å². The van der Waals surface area contributed by atoms with Crippen molar-refractivity contribution in [3.63, 3.8) is 0 Å². The molecular weight excluding hydrogens is 1320 g/mol. The first-order valence-corrected chi connectivity index (χ1v) is 36.2. The van der Waals surface area contributed by atoms with E-state index in [-0.39, 0.29) is 84.8 Å². The molecule has 0 spiro atoms. The Morgan fingerprint density at radius 2 is 0.660 bits per heavy atom. The molecule has 3 saturated heterocycles. The summed E-state index contributed by atoms with van der Waals surface area (Å²) in [6.45, 7) is 3.05. The van der Waals surface area contributed by atoms with Crippen molar-refractivity contribution in [3.05, 3.63) is 317 Å². The van der Waals surface area contributed by atoms with Gasteiger partial charge in [0.2, 0.25) is 5.91 Å². The molecule has 3 heterocycles. The standard InChI is InChI=1S/C85H91NO16S/c1-60-74(100-73(88)49-48-72(87)86-2)77(92-53-64-36-18-6-19-37-64)80(94-55-66-40-22-8-23-41-66)83(97-60)102-79-75(91-52-63-34-16-5-17-35-63)70(58-89-50-61-30-12-3-13-31-61)98-84(81(79)95-56-67-42-24-9-25-43-67)101-76-71(59-90-51-62-32-14-4-15-33-62)99-85(103-69-46-28-11-29-47-69)82(96-57-68-44-26-10-27-45-68)78(76)93-54-65-38-20-7-21-39-65/h3-47,60,70-71,74-85H,48-59H2,1-2H3,(H,86,87)/t60?,70?,71?,74-,75+,76-,77+,78+,79+,80?,81?,82?,83+,84+,85+/m1/s1. The Kier molecular flexibility index (Phi) is 28.6. The average Bonchev–Trinajstić information content (AvgIpc) is 0.765. The molecule has 538 valence electrons. The average molecular weight is 1410 g/mol. The summed E-state index contributed by atoms with van der Waals surface area (Å²) in [6.07, 6.45) is -15.0. The van der Waals surface area contributed by atoms with E-state index in [0.717, 1.165) is 49.4 Å². The molecular formula is C85H91NO16S. The number of carbonyl (C=O) groups is 2. The summed E-state index contributed by atoms with van der Waals surface area (Å²) in [5.41, 5.74) is 6.56.